The van der Waals surface area contributed by atoms with Gasteiger partial charge in [0.25, 0.3) is 0 Å². The van der Waals surface area contributed by atoms with Crippen LogP contribution >= 0.6 is 23.8 Å². The van der Waals surface area contributed by atoms with Crippen molar-refractivity contribution in [3.8, 4) is 5.75 Å². The van der Waals surface area contributed by atoms with E-state index in [-0.39, 0.29) is 6.61 Å². The molecule has 0 aliphatic carbocycles. The van der Waals surface area contributed by atoms with Crippen LogP contribution in [0.3, 0.4) is 0 Å². The molecule has 1 heterocycles. The molecular formula is C18H15ClN4O3S. The summed E-state index contributed by atoms with van der Waals surface area (Å²) in [7, 11) is 1.34. The molecule has 7 nitrogen and oxygen atoms in total. The molecule has 2 aromatic carbocycles. The minimum absolute atomic E-state index is 0.174. The number of methoxy groups -OCH3 is 1. The van der Waals surface area contributed by atoms with Crippen molar-refractivity contribution in [1.82, 2.24) is 14.9 Å². The lowest BCUT2D eigenvalue weighted by atomic mass is 10.1. The number of esters is 1. The fourth-order valence-corrected chi connectivity index (χ4v) is 2.49. The Morgan fingerprint density at radius 3 is 2.63 bits per heavy atom. The van der Waals surface area contributed by atoms with E-state index in [1.807, 2.05) is 0 Å². The Labute approximate surface area is 165 Å². The second-order valence-electron chi connectivity index (χ2n) is 5.36. The van der Waals surface area contributed by atoms with Crippen LogP contribution in [0.2, 0.25) is 5.02 Å². The van der Waals surface area contributed by atoms with Gasteiger partial charge in [-0.3, -0.25) is 0 Å². The quantitative estimate of drug-likeness (QED) is 0.385. The van der Waals surface area contributed by atoms with Crippen LogP contribution in [-0.2, 0) is 11.3 Å². The minimum atomic E-state index is -0.392. The summed E-state index contributed by atoms with van der Waals surface area (Å²) >= 11 is 11.1. The van der Waals surface area contributed by atoms with E-state index in [1.54, 1.807) is 54.7 Å². The number of hydrogen-bond donors (Lipinski definition) is 1. The summed E-state index contributed by atoms with van der Waals surface area (Å²) in [4.78, 5) is 11.5. The molecule has 0 aliphatic rings. The molecule has 138 valence electrons. The zero-order valence-electron chi connectivity index (χ0n) is 14.3. The van der Waals surface area contributed by atoms with Gasteiger partial charge in [0.1, 0.15) is 12.4 Å². The fraction of sp³-hybridized carbons (Fsp3) is 0.111. The molecule has 0 saturated heterocycles. The molecule has 1 N–H and O–H groups in total. The van der Waals surface area contributed by atoms with Crippen molar-refractivity contribution in [2.75, 3.05) is 7.11 Å². The number of benzene rings is 2. The first-order chi connectivity index (χ1) is 13.1. The maximum atomic E-state index is 11.5. The molecule has 0 fully saturated rings. The molecule has 27 heavy (non-hydrogen) atoms. The number of halogens is 1. The Hall–Kier alpha value is -2.97. The fourth-order valence-electron chi connectivity index (χ4n) is 2.16. The summed E-state index contributed by atoms with van der Waals surface area (Å²) in [5.41, 5.74) is 1.25. The number of aromatic amines is 1. The average Bonchev–Trinajstić information content (AvgIpc) is 3.05. The summed E-state index contributed by atoms with van der Waals surface area (Å²) in [5.74, 6) is 0.775. The Morgan fingerprint density at radius 1 is 1.26 bits per heavy atom. The average molecular weight is 403 g/mol. The number of nitrogens with zero attached hydrogens (tertiary/aromatic N) is 3. The Balaban J connectivity index is 1.72. The number of H-pyrrole nitrogens is 1. The molecule has 0 spiro atoms. The largest absolute Gasteiger partial charge is 0.486 e. The molecule has 9 heteroatoms. The van der Waals surface area contributed by atoms with E-state index in [2.05, 4.69) is 20.0 Å². The van der Waals surface area contributed by atoms with Crippen LogP contribution < -0.4 is 4.74 Å². The van der Waals surface area contributed by atoms with E-state index in [0.717, 1.165) is 5.56 Å². The number of carbonyl (C=O) groups is 1. The normalized spacial score (nSPS) is 10.9. The standard InChI is InChI=1S/C18H15ClN4O3S/c1-25-17(24)13-4-2-12(3-5-13)10-20-23-16(21-22-18(23)27)11-26-15-8-6-14(19)7-9-15/h2-10H,11H2,1H3,(H,22,27)/b20-10-. The number of aromatic nitrogens is 3. The number of hydrogen-bond acceptors (Lipinski definition) is 6. The first-order valence-electron chi connectivity index (χ1n) is 7.84. The molecule has 0 bridgehead atoms. The number of rotatable bonds is 6. The van der Waals surface area contributed by atoms with Gasteiger partial charge in [-0.15, -0.1) is 0 Å². The second kappa shape index (κ2) is 8.61. The molecule has 0 unspecified atom stereocenters. The maximum absolute atomic E-state index is 11.5. The summed E-state index contributed by atoms with van der Waals surface area (Å²) in [5, 5.41) is 11.8. The third-order valence-electron chi connectivity index (χ3n) is 3.55. The minimum Gasteiger partial charge on any atom is -0.486 e. The van der Waals surface area contributed by atoms with Crippen molar-refractivity contribution in [1.29, 1.82) is 0 Å². The summed E-state index contributed by atoms with van der Waals surface area (Å²) in [6.07, 6.45) is 1.61. The summed E-state index contributed by atoms with van der Waals surface area (Å²) < 4.78 is 12.2. The van der Waals surface area contributed by atoms with Gasteiger partial charge in [-0.1, -0.05) is 23.7 Å². The molecular weight excluding hydrogens is 388 g/mol. The molecule has 0 radical (unpaired) electrons. The van der Waals surface area contributed by atoms with Gasteiger partial charge in [0.05, 0.1) is 18.9 Å². The Kier molecular flexibility index (Phi) is 6.00. The highest BCUT2D eigenvalue weighted by Gasteiger charge is 2.07. The van der Waals surface area contributed by atoms with Gasteiger partial charge in [0.2, 0.25) is 4.77 Å². The van der Waals surface area contributed by atoms with Crippen molar-refractivity contribution in [2.24, 2.45) is 5.10 Å². The monoisotopic (exact) mass is 402 g/mol. The van der Waals surface area contributed by atoms with Crippen molar-refractivity contribution in [2.45, 2.75) is 6.61 Å². The third kappa shape index (κ3) is 4.81. The summed E-state index contributed by atoms with van der Waals surface area (Å²) in [6, 6.07) is 13.8. The van der Waals surface area contributed by atoms with Crippen molar-refractivity contribution in [3.05, 3.63) is 75.3 Å². The zero-order chi connectivity index (χ0) is 19.2. The number of carbonyl (C=O) groups excluding carboxylic acids is 1. The molecule has 0 aliphatic heterocycles. The molecule has 0 amide bonds. The van der Waals surface area contributed by atoms with Crippen molar-refractivity contribution < 1.29 is 14.3 Å². The van der Waals surface area contributed by atoms with Crippen molar-refractivity contribution in [3.63, 3.8) is 0 Å². The van der Waals surface area contributed by atoms with Gasteiger partial charge in [-0.25, -0.2) is 9.89 Å². The molecule has 3 rings (SSSR count). The van der Waals surface area contributed by atoms with Gasteiger partial charge in [0.15, 0.2) is 5.82 Å². The van der Waals surface area contributed by atoms with E-state index >= 15 is 0 Å². The van der Waals surface area contributed by atoms with Crippen LogP contribution in [0, 0.1) is 4.77 Å². The maximum Gasteiger partial charge on any atom is 0.337 e. The summed E-state index contributed by atoms with van der Waals surface area (Å²) in [6.45, 7) is 0.174. The van der Waals surface area contributed by atoms with E-state index in [4.69, 9.17) is 28.6 Å². The Morgan fingerprint density at radius 2 is 1.96 bits per heavy atom. The van der Waals surface area contributed by atoms with Crippen LogP contribution in [-0.4, -0.2) is 34.2 Å². The van der Waals surface area contributed by atoms with Crippen LogP contribution in [0.4, 0.5) is 0 Å². The van der Waals surface area contributed by atoms with E-state index < -0.39 is 5.97 Å². The highest BCUT2D eigenvalue weighted by atomic mass is 35.5. The van der Waals surface area contributed by atoms with Gasteiger partial charge >= 0.3 is 5.97 Å². The highest BCUT2D eigenvalue weighted by Crippen LogP contribution is 2.16. The SMILES string of the molecule is COC(=O)c1ccc(/C=N\n2c(COc3ccc(Cl)cc3)n[nH]c2=S)cc1. The smallest absolute Gasteiger partial charge is 0.337 e. The van der Waals surface area contributed by atoms with Crippen LogP contribution in [0.15, 0.2) is 53.6 Å². The lowest BCUT2D eigenvalue weighted by Crippen LogP contribution is -2.04. The highest BCUT2D eigenvalue weighted by molar-refractivity contribution is 7.71. The van der Waals surface area contributed by atoms with E-state index in [0.29, 0.717) is 26.9 Å². The van der Waals surface area contributed by atoms with Gasteiger partial charge in [-0.2, -0.15) is 14.9 Å². The lowest BCUT2D eigenvalue weighted by molar-refractivity contribution is 0.0600. The number of nitrogens with one attached hydrogen (secondary N) is 1. The number of ether oxygens (including phenoxy) is 2. The third-order valence-corrected chi connectivity index (χ3v) is 4.07. The molecule has 0 atom stereocenters. The van der Waals surface area contributed by atoms with Gasteiger partial charge in [-0.05, 0) is 54.2 Å². The molecule has 1 aromatic heterocycles. The van der Waals surface area contributed by atoms with Crippen LogP contribution in [0.1, 0.15) is 21.7 Å². The molecule has 3 aromatic rings. The lowest BCUT2D eigenvalue weighted by Gasteiger charge is -2.05. The first-order valence-corrected chi connectivity index (χ1v) is 8.63. The van der Waals surface area contributed by atoms with E-state index in [1.165, 1.54) is 11.8 Å². The van der Waals surface area contributed by atoms with Crippen LogP contribution in [0.5, 0.6) is 5.75 Å². The van der Waals surface area contributed by atoms with Crippen LogP contribution in [0.25, 0.3) is 0 Å². The predicted molar refractivity (Wildman–Crippen MR) is 104 cm³/mol. The van der Waals surface area contributed by atoms with E-state index in [9.17, 15) is 4.79 Å². The molecule has 0 saturated carbocycles. The predicted octanol–water partition coefficient (Wildman–Crippen LogP) is 3.84. The van der Waals surface area contributed by atoms with Crippen molar-refractivity contribution >= 4 is 36.0 Å². The van der Waals surface area contributed by atoms with Gasteiger partial charge in [0, 0.05) is 5.02 Å². The second-order valence-corrected chi connectivity index (χ2v) is 6.18. The zero-order valence-corrected chi connectivity index (χ0v) is 15.8. The topological polar surface area (TPSA) is 81.5 Å². The Bertz CT molecular complexity index is 1010. The first kappa shape index (κ1) is 18.8. The van der Waals surface area contributed by atoms with Gasteiger partial charge < -0.3 is 9.47 Å².